The molecule has 0 bridgehead atoms. The van der Waals surface area contributed by atoms with Gasteiger partial charge >= 0.3 is 0 Å². The zero-order valence-corrected chi connectivity index (χ0v) is 15.5. The molecule has 28 heavy (non-hydrogen) atoms. The molecule has 0 atom stereocenters. The zero-order valence-electron chi connectivity index (χ0n) is 15.5. The fraction of sp³-hybridized carbons (Fsp3) is 0.143. The van der Waals surface area contributed by atoms with Gasteiger partial charge in [-0.05, 0) is 6.07 Å². The molecule has 0 saturated carbocycles. The minimum absolute atomic E-state index is 0.106. The van der Waals surface area contributed by atoms with Crippen LogP contribution in [0.3, 0.4) is 0 Å². The molecule has 1 N–H and O–H groups in total. The standard InChI is InChI=1S/C21H18N4O3/c1-3-19(26)25-17-9-14-16(10-18(17)27-2)22-12-23-20(14)15-11-24-28-21(15)13-7-5-4-6-8-13/h4-12H,3H2,1-2H3,(H,25,26). The Labute approximate surface area is 161 Å². The lowest BCUT2D eigenvalue weighted by molar-refractivity contribution is -0.115. The van der Waals surface area contributed by atoms with Crippen LogP contribution in [-0.2, 0) is 4.79 Å². The Balaban J connectivity index is 1.91. The third-order valence-electron chi connectivity index (χ3n) is 4.41. The number of nitrogens with zero attached hydrogens (tertiary/aromatic N) is 3. The van der Waals surface area contributed by atoms with Gasteiger partial charge in [-0.15, -0.1) is 0 Å². The van der Waals surface area contributed by atoms with E-state index in [1.165, 1.54) is 6.33 Å². The van der Waals surface area contributed by atoms with Crippen LogP contribution in [0.1, 0.15) is 13.3 Å². The molecule has 4 rings (SSSR count). The number of hydrogen-bond acceptors (Lipinski definition) is 6. The molecule has 2 aromatic carbocycles. The lowest BCUT2D eigenvalue weighted by atomic mass is 10.0. The van der Waals surface area contributed by atoms with Crippen LogP contribution < -0.4 is 10.1 Å². The second-order valence-electron chi connectivity index (χ2n) is 6.13. The van der Waals surface area contributed by atoms with Crippen LogP contribution in [0.5, 0.6) is 5.75 Å². The number of ether oxygens (including phenoxy) is 1. The van der Waals surface area contributed by atoms with Gasteiger partial charge in [-0.25, -0.2) is 9.97 Å². The first-order valence-corrected chi connectivity index (χ1v) is 8.84. The molecule has 0 aliphatic rings. The van der Waals surface area contributed by atoms with Crippen LogP contribution in [0.25, 0.3) is 33.5 Å². The van der Waals surface area contributed by atoms with Crippen molar-refractivity contribution in [3.63, 3.8) is 0 Å². The van der Waals surface area contributed by atoms with E-state index >= 15 is 0 Å². The van der Waals surface area contributed by atoms with E-state index in [4.69, 9.17) is 9.26 Å². The highest BCUT2D eigenvalue weighted by Gasteiger charge is 2.18. The zero-order chi connectivity index (χ0) is 19.5. The molecule has 0 radical (unpaired) electrons. The summed E-state index contributed by atoms with van der Waals surface area (Å²) in [6, 6.07) is 13.3. The Kier molecular flexibility index (Phi) is 4.72. The molecule has 0 aliphatic heterocycles. The van der Waals surface area contributed by atoms with Gasteiger partial charge in [0.2, 0.25) is 5.91 Å². The van der Waals surface area contributed by atoms with Crippen molar-refractivity contribution in [3.05, 3.63) is 55.0 Å². The first kappa shape index (κ1) is 17.7. The fourth-order valence-electron chi connectivity index (χ4n) is 3.01. The molecule has 0 aliphatic carbocycles. The van der Waals surface area contributed by atoms with Gasteiger partial charge in [-0.3, -0.25) is 4.79 Å². The van der Waals surface area contributed by atoms with E-state index < -0.39 is 0 Å². The maximum atomic E-state index is 11.9. The number of amides is 1. The quantitative estimate of drug-likeness (QED) is 0.560. The number of carbonyl (C=O) groups is 1. The highest BCUT2D eigenvalue weighted by molar-refractivity contribution is 6.01. The molecule has 1 amide bonds. The van der Waals surface area contributed by atoms with Gasteiger partial charge in [0, 0.05) is 23.4 Å². The average molecular weight is 374 g/mol. The van der Waals surface area contributed by atoms with Crippen molar-refractivity contribution in [2.75, 3.05) is 12.4 Å². The number of benzene rings is 2. The van der Waals surface area contributed by atoms with Crippen molar-refractivity contribution in [1.82, 2.24) is 15.1 Å². The third kappa shape index (κ3) is 3.18. The van der Waals surface area contributed by atoms with Gasteiger partial charge in [0.15, 0.2) is 5.76 Å². The molecule has 0 spiro atoms. The van der Waals surface area contributed by atoms with Crippen molar-refractivity contribution in [3.8, 4) is 28.3 Å². The molecule has 7 nitrogen and oxygen atoms in total. The minimum atomic E-state index is -0.106. The molecule has 0 fully saturated rings. The highest BCUT2D eigenvalue weighted by atomic mass is 16.5. The fourth-order valence-corrected chi connectivity index (χ4v) is 3.01. The summed E-state index contributed by atoms with van der Waals surface area (Å²) in [5, 5.41) is 7.59. The summed E-state index contributed by atoms with van der Waals surface area (Å²) in [4.78, 5) is 20.7. The number of rotatable bonds is 5. The normalized spacial score (nSPS) is 10.8. The lowest BCUT2D eigenvalue weighted by Gasteiger charge is -2.12. The van der Waals surface area contributed by atoms with Gasteiger partial charge in [0.25, 0.3) is 0 Å². The van der Waals surface area contributed by atoms with Crippen LogP contribution in [-0.4, -0.2) is 28.1 Å². The Morgan fingerprint density at radius 2 is 2.00 bits per heavy atom. The van der Waals surface area contributed by atoms with Gasteiger partial charge in [0.05, 0.1) is 35.8 Å². The molecule has 7 heteroatoms. The Hall–Kier alpha value is -3.74. The van der Waals surface area contributed by atoms with E-state index in [1.54, 1.807) is 26.3 Å². The summed E-state index contributed by atoms with van der Waals surface area (Å²) in [5.41, 5.74) is 3.57. The van der Waals surface area contributed by atoms with Crippen molar-refractivity contribution < 1.29 is 14.1 Å². The first-order valence-electron chi connectivity index (χ1n) is 8.84. The molecule has 140 valence electrons. The van der Waals surface area contributed by atoms with Crippen LogP contribution in [0.15, 0.2) is 59.5 Å². The Morgan fingerprint density at radius 3 is 2.75 bits per heavy atom. The van der Waals surface area contributed by atoms with E-state index in [0.29, 0.717) is 34.8 Å². The summed E-state index contributed by atoms with van der Waals surface area (Å²) in [6.45, 7) is 1.79. The predicted molar refractivity (Wildman–Crippen MR) is 106 cm³/mol. The number of aromatic nitrogens is 3. The van der Waals surface area contributed by atoms with E-state index in [9.17, 15) is 4.79 Å². The summed E-state index contributed by atoms with van der Waals surface area (Å²) >= 11 is 0. The average Bonchev–Trinajstić information content (AvgIpc) is 3.23. The molecule has 2 aromatic heterocycles. The molecule has 0 unspecified atom stereocenters. The maximum absolute atomic E-state index is 11.9. The van der Waals surface area contributed by atoms with Gasteiger partial charge < -0.3 is 14.6 Å². The van der Waals surface area contributed by atoms with Crippen LogP contribution in [0.2, 0.25) is 0 Å². The summed E-state index contributed by atoms with van der Waals surface area (Å²) in [6.07, 6.45) is 3.49. The van der Waals surface area contributed by atoms with Crippen molar-refractivity contribution in [1.29, 1.82) is 0 Å². The summed E-state index contributed by atoms with van der Waals surface area (Å²) in [7, 11) is 1.55. The van der Waals surface area contributed by atoms with Gasteiger partial charge in [-0.1, -0.05) is 42.4 Å². The molecular weight excluding hydrogens is 356 g/mol. The van der Waals surface area contributed by atoms with E-state index in [1.807, 2.05) is 36.4 Å². The van der Waals surface area contributed by atoms with Gasteiger partial charge in [0.1, 0.15) is 12.1 Å². The smallest absolute Gasteiger partial charge is 0.224 e. The topological polar surface area (TPSA) is 90.1 Å². The first-order chi connectivity index (χ1) is 13.7. The Morgan fingerprint density at radius 1 is 1.18 bits per heavy atom. The number of fused-ring (bicyclic) bond motifs is 1. The largest absolute Gasteiger partial charge is 0.494 e. The maximum Gasteiger partial charge on any atom is 0.224 e. The van der Waals surface area contributed by atoms with Crippen LogP contribution in [0, 0.1) is 0 Å². The van der Waals surface area contributed by atoms with Gasteiger partial charge in [-0.2, -0.15) is 0 Å². The van der Waals surface area contributed by atoms with Crippen molar-refractivity contribution >= 4 is 22.5 Å². The molecular formula is C21H18N4O3. The lowest BCUT2D eigenvalue weighted by Crippen LogP contribution is -2.10. The second-order valence-corrected chi connectivity index (χ2v) is 6.13. The minimum Gasteiger partial charge on any atom is -0.494 e. The Bertz CT molecular complexity index is 1140. The van der Waals surface area contributed by atoms with E-state index in [0.717, 1.165) is 16.5 Å². The summed E-state index contributed by atoms with van der Waals surface area (Å²) < 4.78 is 10.9. The SMILES string of the molecule is CCC(=O)Nc1cc2c(-c3cnoc3-c3ccccc3)ncnc2cc1OC. The monoisotopic (exact) mass is 374 g/mol. The van der Waals surface area contributed by atoms with Crippen LogP contribution in [0.4, 0.5) is 5.69 Å². The van der Waals surface area contributed by atoms with Crippen molar-refractivity contribution in [2.24, 2.45) is 0 Å². The molecule has 2 heterocycles. The van der Waals surface area contributed by atoms with E-state index in [2.05, 4.69) is 20.4 Å². The number of carbonyl (C=O) groups excluding carboxylic acids is 1. The van der Waals surface area contributed by atoms with E-state index in [-0.39, 0.29) is 5.91 Å². The number of methoxy groups -OCH3 is 1. The number of nitrogens with one attached hydrogen (secondary N) is 1. The van der Waals surface area contributed by atoms with Crippen molar-refractivity contribution in [2.45, 2.75) is 13.3 Å². The predicted octanol–water partition coefficient (Wildman–Crippen LogP) is 4.31. The number of hydrogen-bond donors (Lipinski definition) is 1. The molecule has 4 aromatic rings. The van der Waals surface area contributed by atoms with Crippen LogP contribution >= 0.6 is 0 Å². The third-order valence-corrected chi connectivity index (χ3v) is 4.41. The summed E-state index contributed by atoms with van der Waals surface area (Å²) in [5.74, 6) is 1.05. The highest BCUT2D eigenvalue weighted by Crippen LogP contribution is 2.37. The second kappa shape index (κ2) is 7.48. The number of anilines is 1. The molecule has 0 saturated heterocycles.